The van der Waals surface area contributed by atoms with E-state index in [4.69, 9.17) is 21.4 Å². The quantitative estimate of drug-likeness (QED) is 0.808. The maximum Gasteiger partial charge on any atom is 0.223 e. The zero-order valence-electron chi connectivity index (χ0n) is 11.2. The highest BCUT2D eigenvalue weighted by Gasteiger charge is 2.13. The molecule has 4 nitrogen and oxygen atoms in total. The van der Waals surface area contributed by atoms with Gasteiger partial charge in [-0.05, 0) is 25.0 Å². The van der Waals surface area contributed by atoms with Crippen LogP contribution in [-0.4, -0.2) is 30.3 Å². The third kappa shape index (κ3) is 5.49. The van der Waals surface area contributed by atoms with Crippen LogP contribution >= 0.6 is 11.6 Å². The summed E-state index contributed by atoms with van der Waals surface area (Å²) in [6.45, 7) is 4.08. The minimum Gasteiger partial charge on any atom is -0.491 e. The maximum atomic E-state index is 11.6. The van der Waals surface area contributed by atoms with Gasteiger partial charge in [0.2, 0.25) is 5.91 Å². The number of hydrogen-bond acceptors (Lipinski definition) is 3. The second-order valence-electron chi connectivity index (χ2n) is 4.54. The summed E-state index contributed by atoms with van der Waals surface area (Å²) in [5.74, 6) is 0.516. The molecule has 1 rings (SSSR count). The van der Waals surface area contributed by atoms with E-state index in [1.807, 2.05) is 26.0 Å². The molecule has 1 amide bonds. The van der Waals surface area contributed by atoms with Gasteiger partial charge in [0.1, 0.15) is 5.75 Å². The molecule has 5 heteroatoms. The fourth-order valence-corrected chi connectivity index (χ4v) is 1.63. The first kappa shape index (κ1) is 15.8. The van der Waals surface area contributed by atoms with Gasteiger partial charge in [0.05, 0.1) is 18.1 Å². The van der Waals surface area contributed by atoms with Crippen molar-refractivity contribution in [1.29, 1.82) is 0 Å². The van der Waals surface area contributed by atoms with Gasteiger partial charge in [-0.1, -0.05) is 30.7 Å². The topological polar surface area (TPSA) is 58.6 Å². The first-order valence-electron chi connectivity index (χ1n) is 6.32. The number of para-hydroxylation sites is 1. The highest BCUT2D eigenvalue weighted by molar-refractivity contribution is 6.32. The van der Waals surface area contributed by atoms with Crippen LogP contribution in [-0.2, 0) is 4.79 Å². The number of amides is 1. The summed E-state index contributed by atoms with van der Waals surface area (Å²) in [7, 11) is 0. The van der Waals surface area contributed by atoms with E-state index in [1.165, 1.54) is 0 Å². The maximum absolute atomic E-state index is 11.6. The van der Waals surface area contributed by atoms with Crippen LogP contribution in [0, 0.1) is 5.92 Å². The van der Waals surface area contributed by atoms with Gasteiger partial charge in [-0.3, -0.25) is 4.79 Å². The van der Waals surface area contributed by atoms with Gasteiger partial charge < -0.3 is 15.2 Å². The Morgan fingerprint density at radius 1 is 1.42 bits per heavy atom. The van der Waals surface area contributed by atoms with Crippen molar-refractivity contribution in [3.63, 3.8) is 0 Å². The van der Waals surface area contributed by atoms with Crippen LogP contribution in [0.5, 0.6) is 5.75 Å². The summed E-state index contributed by atoms with van der Waals surface area (Å²) in [5, 5.41) is 12.3. The summed E-state index contributed by atoms with van der Waals surface area (Å²) in [6, 6.07) is 7.09. The lowest BCUT2D eigenvalue weighted by molar-refractivity contribution is -0.122. The number of carbonyl (C=O) groups excluding carboxylic acids is 1. The van der Waals surface area contributed by atoms with Gasteiger partial charge in [-0.25, -0.2) is 0 Å². The fraction of sp³-hybridized carbons (Fsp3) is 0.500. The average Bonchev–Trinajstić information content (AvgIpc) is 2.40. The molecule has 0 aliphatic carbocycles. The normalized spacial score (nSPS) is 13.7. The molecular weight excluding hydrogens is 266 g/mol. The highest BCUT2D eigenvalue weighted by Crippen LogP contribution is 2.22. The molecular formula is C14H20ClNO3. The first-order chi connectivity index (χ1) is 9.04. The van der Waals surface area contributed by atoms with E-state index >= 15 is 0 Å². The molecule has 0 aromatic heterocycles. The van der Waals surface area contributed by atoms with Gasteiger partial charge in [0.15, 0.2) is 0 Å². The number of aliphatic hydroxyl groups excluding tert-OH is 1. The van der Waals surface area contributed by atoms with Crippen LogP contribution < -0.4 is 10.1 Å². The predicted octanol–water partition coefficient (Wildman–Crippen LogP) is 2.24. The van der Waals surface area contributed by atoms with Crippen LogP contribution in [0.15, 0.2) is 24.3 Å². The van der Waals surface area contributed by atoms with Crippen molar-refractivity contribution in [2.24, 2.45) is 5.92 Å². The molecule has 0 bridgehead atoms. The second-order valence-corrected chi connectivity index (χ2v) is 4.95. The summed E-state index contributed by atoms with van der Waals surface area (Å²) >= 11 is 5.93. The molecule has 0 radical (unpaired) electrons. The molecule has 19 heavy (non-hydrogen) atoms. The van der Waals surface area contributed by atoms with E-state index in [0.29, 0.717) is 10.8 Å². The van der Waals surface area contributed by atoms with Crippen LogP contribution in [0.3, 0.4) is 0 Å². The Morgan fingerprint density at radius 3 is 2.74 bits per heavy atom. The molecule has 0 spiro atoms. The number of rotatable bonds is 7. The lowest BCUT2D eigenvalue weighted by Crippen LogP contribution is -2.38. The number of ether oxygens (including phenoxy) is 1. The van der Waals surface area contributed by atoms with Crippen molar-refractivity contribution in [3.05, 3.63) is 29.3 Å². The summed E-state index contributed by atoms with van der Waals surface area (Å²) < 4.78 is 5.43. The molecule has 0 fully saturated rings. The third-order valence-electron chi connectivity index (χ3n) is 2.95. The Morgan fingerprint density at radius 2 is 2.11 bits per heavy atom. The molecule has 1 aromatic rings. The van der Waals surface area contributed by atoms with Crippen molar-refractivity contribution < 1.29 is 14.6 Å². The molecule has 0 heterocycles. The van der Waals surface area contributed by atoms with Crippen molar-refractivity contribution >= 4 is 17.5 Å². The molecule has 0 aliphatic heterocycles. The van der Waals surface area contributed by atoms with Gasteiger partial charge in [-0.15, -0.1) is 0 Å². The van der Waals surface area contributed by atoms with E-state index in [0.717, 1.165) is 0 Å². The molecule has 1 aromatic carbocycles. The monoisotopic (exact) mass is 285 g/mol. The Kier molecular flexibility index (Phi) is 6.67. The van der Waals surface area contributed by atoms with Crippen LogP contribution in [0.25, 0.3) is 0 Å². The zero-order chi connectivity index (χ0) is 14.3. The highest BCUT2D eigenvalue weighted by atomic mass is 35.5. The number of nitrogens with one attached hydrogen (secondary N) is 1. The number of hydrogen-bond donors (Lipinski definition) is 2. The van der Waals surface area contributed by atoms with Gasteiger partial charge in [-0.2, -0.15) is 0 Å². The molecule has 2 atom stereocenters. The lowest BCUT2D eigenvalue weighted by atomic mass is 10.1. The smallest absolute Gasteiger partial charge is 0.223 e. The van der Waals surface area contributed by atoms with Gasteiger partial charge in [0.25, 0.3) is 0 Å². The molecule has 0 saturated carbocycles. The second kappa shape index (κ2) is 8.02. The minimum absolute atomic E-state index is 0.0356. The summed E-state index contributed by atoms with van der Waals surface area (Å²) in [6.07, 6.45) is 0.258. The Hall–Kier alpha value is -1.26. The largest absolute Gasteiger partial charge is 0.491 e. The van der Waals surface area contributed by atoms with E-state index in [2.05, 4.69) is 5.32 Å². The SMILES string of the molecule is CC(CO)C(C)NC(=O)CCOc1ccccc1Cl. The lowest BCUT2D eigenvalue weighted by Gasteiger charge is -2.19. The Balaban J connectivity index is 2.30. The zero-order valence-corrected chi connectivity index (χ0v) is 12.0. The molecule has 106 valence electrons. The Labute approximate surface area is 118 Å². The number of aliphatic hydroxyl groups is 1. The third-order valence-corrected chi connectivity index (χ3v) is 3.27. The summed E-state index contributed by atoms with van der Waals surface area (Å²) in [4.78, 5) is 11.6. The standard InChI is InChI=1S/C14H20ClNO3/c1-10(9-17)11(2)16-14(18)7-8-19-13-6-4-3-5-12(13)15/h3-6,10-11,17H,7-9H2,1-2H3,(H,16,18). The van der Waals surface area contributed by atoms with Crippen molar-refractivity contribution in [3.8, 4) is 5.75 Å². The van der Waals surface area contributed by atoms with Gasteiger partial charge in [0, 0.05) is 12.6 Å². The molecule has 0 saturated heterocycles. The minimum atomic E-state index is -0.0974. The van der Waals surface area contributed by atoms with Gasteiger partial charge >= 0.3 is 0 Å². The average molecular weight is 286 g/mol. The summed E-state index contributed by atoms with van der Waals surface area (Å²) in [5.41, 5.74) is 0. The fourth-order valence-electron chi connectivity index (χ4n) is 1.44. The van der Waals surface area contributed by atoms with Crippen LogP contribution in [0.1, 0.15) is 20.3 Å². The molecule has 2 unspecified atom stereocenters. The first-order valence-corrected chi connectivity index (χ1v) is 6.70. The molecule has 0 aliphatic rings. The Bertz CT molecular complexity index is 411. The number of carbonyl (C=O) groups is 1. The number of halogens is 1. The van der Waals surface area contributed by atoms with E-state index in [1.54, 1.807) is 12.1 Å². The van der Waals surface area contributed by atoms with Crippen LogP contribution in [0.2, 0.25) is 5.02 Å². The van der Waals surface area contributed by atoms with Crippen molar-refractivity contribution in [1.82, 2.24) is 5.32 Å². The van der Waals surface area contributed by atoms with Crippen LogP contribution in [0.4, 0.5) is 0 Å². The van der Waals surface area contributed by atoms with Crippen molar-refractivity contribution in [2.75, 3.05) is 13.2 Å². The predicted molar refractivity (Wildman–Crippen MR) is 75.4 cm³/mol. The number of benzene rings is 1. The van der Waals surface area contributed by atoms with E-state index in [-0.39, 0.29) is 37.5 Å². The van der Waals surface area contributed by atoms with E-state index < -0.39 is 0 Å². The van der Waals surface area contributed by atoms with Crippen molar-refractivity contribution in [2.45, 2.75) is 26.3 Å². The molecule has 2 N–H and O–H groups in total. The van der Waals surface area contributed by atoms with E-state index in [9.17, 15) is 4.79 Å².